The summed E-state index contributed by atoms with van der Waals surface area (Å²) < 4.78 is 0. The van der Waals surface area contributed by atoms with Crippen molar-refractivity contribution in [3.05, 3.63) is 11.6 Å². The number of H-pyrrole nitrogens is 1. The van der Waals surface area contributed by atoms with Gasteiger partial charge in [0.2, 0.25) is 5.82 Å². The molecule has 3 N–H and O–H groups in total. The molecule has 0 fully saturated rings. The van der Waals surface area contributed by atoms with Crippen LogP contribution in [-0.2, 0) is 0 Å². The summed E-state index contributed by atoms with van der Waals surface area (Å²) >= 11 is 0. The summed E-state index contributed by atoms with van der Waals surface area (Å²) in [5.41, 5.74) is 0. The van der Waals surface area contributed by atoms with Crippen LogP contribution in [0.5, 0.6) is 0 Å². The van der Waals surface area contributed by atoms with E-state index in [-0.39, 0.29) is 30.3 Å². The quantitative estimate of drug-likeness (QED) is 0.657. The molecule has 0 radical (unpaired) electrons. The summed E-state index contributed by atoms with van der Waals surface area (Å²) in [7, 11) is 0. The average Bonchev–Trinajstić information content (AvgIpc) is 2.66. The molecule has 0 aliphatic rings. The number of hydrogen-bond donors (Lipinski definition) is 3. The normalized spacial score (nSPS) is 12.9. The molecular formula is C9H16N4O2. The van der Waals surface area contributed by atoms with Gasteiger partial charge in [0.1, 0.15) is 5.82 Å². The minimum absolute atomic E-state index is 0.104. The van der Waals surface area contributed by atoms with Crippen LogP contribution in [0.4, 0.5) is 0 Å². The van der Waals surface area contributed by atoms with Gasteiger partial charge in [-0.1, -0.05) is 13.8 Å². The van der Waals surface area contributed by atoms with Crippen molar-refractivity contribution < 1.29 is 9.90 Å². The molecular weight excluding hydrogens is 196 g/mol. The van der Waals surface area contributed by atoms with E-state index in [4.69, 9.17) is 5.11 Å². The molecule has 6 heteroatoms. The fourth-order valence-corrected chi connectivity index (χ4v) is 0.968. The van der Waals surface area contributed by atoms with Crippen molar-refractivity contribution in [1.82, 2.24) is 20.5 Å². The van der Waals surface area contributed by atoms with E-state index >= 15 is 0 Å². The Hall–Kier alpha value is -1.43. The standard InChI is InChI=1S/C9H16N4O2/c1-5(2)7-11-8(13-12-7)9(15)10-6(3)4-14/h5-6,14H,4H2,1-3H3,(H,10,15)(H,11,12,13). The first-order valence-corrected chi connectivity index (χ1v) is 4.88. The minimum atomic E-state index is -0.375. The highest BCUT2D eigenvalue weighted by Crippen LogP contribution is 2.07. The molecule has 0 saturated carbocycles. The van der Waals surface area contributed by atoms with Crippen molar-refractivity contribution in [3.63, 3.8) is 0 Å². The van der Waals surface area contributed by atoms with Gasteiger partial charge < -0.3 is 10.4 Å². The number of hydrogen-bond acceptors (Lipinski definition) is 4. The number of aliphatic hydroxyl groups excluding tert-OH is 1. The first-order valence-electron chi connectivity index (χ1n) is 4.88. The van der Waals surface area contributed by atoms with Crippen molar-refractivity contribution >= 4 is 5.91 Å². The van der Waals surface area contributed by atoms with E-state index in [1.165, 1.54) is 0 Å². The number of aromatic nitrogens is 3. The van der Waals surface area contributed by atoms with Crippen LogP contribution in [0.2, 0.25) is 0 Å². The second kappa shape index (κ2) is 4.88. The van der Waals surface area contributed by atoms with Gasteiger partial charge in [-0.2, -0.15) is 0 Å². The molecule has 6 nitrogen and oxygen atoms in total. The lowest BCUT2D eigenvalue weighted by Crippen LogP contribution is -2.35. The Morgan fingerprint density at radius 1 is 1.53 bits per heavy atom. The van der Waals surface area contributed by atoms with Gasteiger partial charge >= 0.3 is 0 Å². The Morgan fingerprint density at radius 3 is 2.67 bits per heavy atom. The van der Waals surface area contributed by atoms with Gasteiger partial charge in [0, 0.05) is 12.0 Å². The topological polar surface area (TPSA) is 90.9 Å². The highest BCUT2D eigenvalue weighted by atomic mass is 16.3. The summed E-state index contributed by atoms with van der Waals surface area (Å²) in [4.78, 5) is 15.5. The van der Waals surface area contributed by atoms with Crippen LogP contribution in [0.3, 0.4) is 0 Å². The van der Waals surface area contributed by atoms with Gasteiger partial charge in [0.05, 0.1) is 6.61 Å². The van der Waals surface area contributed by atoms with E-state index in [0.29, 0.717) is 5.82 Å². The summed E-state index contributed by atoms with van der Waals surface area (Å²) in [6.45, 7) is 5.51. The zero-order valence-corrected chi connectivity index (χ0v) is 9.11. The third-order valence-corrected chi connectivity index (χ3v) is 1.90. The molecule has 0 spiro atoms. The summed E-state index contributed by atoms with van der Waals surface area (Å²) in [5, 5.41) is 17.8. The molecule has 0 aromatic carbocycles. The molecule has 0 aliphatic carbocycles. The lowest BCUT2D eigenvalue weighted by Gasteiger charge is -2.07. The number of carbonyl (C=O) groups excluding carboxylic acids is 1. The van der Waals surface area contributed by atoms with Crippen LogP contribution in [-0.4, -0.2) is 38.8 Å². The van der Waals surface area contributed by atoms with Crippen molar-refractivity contribution in [2.75, 3.05) is 6.61 Å². The third-order valence-electron chi connectivity index (χ3n) is 1.90. The number of carbonyl (C=O) groups is 1. The predicted octanol–water partition coefficient (Wildman–Crippen LogP) is 0.0387. The second-order valence-corrected chi connectivity index (χ2v) is 3.76. The molecule has 0 aliphatic heterocycles. The Bertz CT molecular complexity index is 335. The predicted molar refractivity (Wildman–Crippen MR) is 54.5 cm³/mol. The van der Waals surface area contributed by atoms with Crippen LogP contribution in [0, 0.1) is 0 Å². The van der Waals surface area contributed by atoms with Crippen LogP contribution in [0.1, 0.15) is 43.1 Å². The Kier molecular flexibility index (Phi) is 3.79. The molecule has 1 atom stereocenters. The number of amides is 1. The number of aliphatic hydroxyl groups is 1. The van der Waals surface area contributed by atoms with Gasteiger partial charge in [-0.15, -0.1) is 5.10 Å². The molecule has 1 rings (SSSR count). The number of nitrogens with one attached hydrogen (secondary N) is 2. The van der Waals surface area contributed by atoms with E-state index in [2.05, 4.69) is 20.5 Å². The number of rotatable bonds is 4. The highest BCUT2D eigenvalue weighted by molar-refractivity contribution is 5.90. The zero-order chi connectivity index (χ0) is 11.4. The van der Waals surface area contributed by atoms with Gasteiger partial charge in [0.15, 0.2) is 0 Å². The fraction of sp³-hybridized carbons (Fsp3) is 0.667. The molecule has 1 unspecified atom stereocenters. The zero-order valence-electron chi connectivity index (χ0n) is 9.11. The Morgan fingerprint density at radius 2 is 2.20 bits per heavy atom. The monoisotopic (exact) mass is 212 g/mol. The number of aromatic amines is 1. The van der Waals surface area contributed by atoms with Crippen molar-refractivity contribution in [2.24, 2.45) is 0 Å². The SMILES string of the molecule is CC(CO)NC(=O)c1n[nH]c(C(C)C)n1. The fourth-order valence-electron chi connectivity index (χ4n) is 0.968. The highest BCUT2D eigenvalue weighted by Gasteiger charge is 2.15. The van der Waals surface area contributed by atoms with E-state index in [9.17, 15) is 4.79 Å². The summed E-state index contributed by atoms with van der Waals surface area (Å²) in [5.74, 6) is 0.616. The largest absolute Gasteiger partial charge is 0.394 e. The first kappa shape index (κ1) is 11.6. The van der Waals surface area contributed by atoms with E-state index < -0.39 is 0 Å². The average molecular weight is 212 g/mol. The Labute approximate surface area is 88.1 Å². The molecule has 1 aromatic heterocycles. The van der Waals surface area contributed by atoms with E-state index in [0.717, 1.165) is 0 Å². The maximum absolute atomic E-state index is 11.5. The van der Waals surface area contributed by atoms with Crippen LogP contribution >= 0.6 is 0 Å². The summed E-state index contributed by atoms with van der Waals surface area (Å²) in [6.07, 6.45) is 0. The number of nitrogens with zero attached hydrogens (tertiary/aromatic N) is 2. The molecule has 84 valence electrons. The van der Waals surface area contributed by atoms with E-state index in [1.807, 2.05) is 13.8 Å². The lowest BCUT2D eigenvalue weighted by atomic mass is 10.2. The molecule has 1 heterocycles. The molecule has 0 bridgehead atoms. The molecule has 1 aromatic rings. The molecule has 15 heavy (non-hydrogen) atoms. The van der Waals surface area contributed by atoms with Gasteiger partial charge in [-0.25, -0.2) is 4.98 Å². The Balaban J connectivity index is 2.66. The third kappa shape index (κ3) is 3.02. The first-order chi connectivity index (χ1) is 7.04. The van der Waals surface area contributed by atoms with Gasteiger partial charge in [-0.3, -0.25) is 9.89 Å². The molecule has 0 saturated heterocycles. The summed E-state index contributed by atoms with van der Waals surface area (Å²) in [6, 6.07) is -0.293. The van der Waals surface area contributed by atoms with Crippen LogP contribution in [0.15, 0.2) is 0 Å². The van der Waals surface area contributed by atoms with Crippen LogP contribution < -0.4 is 5.32 Å². The maximum Gasteiger partial charge on any atom is 0.291 e. The van der Waals surface area contributed by atoms with Crippen molar-refractivity contribution in [3.8, 4) is 0 Å². The maximum atomic E-state index is 11.5. The second-order valence-electron chi connectivity index (χ2n) is 3.76. The minimum Gasteiger partial charge on any atom is -0.394 e. The van der Waals surface area contributed by atoms with E-state index in [1.54, 1.807) is 6.92 Å². The van der Waals surface area contributed by atoms with Crippen molar-refractivity contribution in [1.29, 1.82) is 0 Å². The van der Waals surface area contributed by atoms with Gasteiger partial charge in [0.25, 0.3) is 5.91 Å². The lowest BCUT2D eigenvalue weighted by molar-refractivity contribution is 0.0912. The molecule has 1 amide bonds. The van der Waals surface area contributed by atoms with Crippen molar-refractivity contribution in [2.45, 2.75) is 32.7 Å². The smallest absolute Gasteiger partial charge is 0.291 e. The van der Waals surface area contributed by atoms with Gasteiger partial charge in [-0.05, 0) is 6.92 Å². The van der Waals surface area contributed by atoms with Crippen LogP contribution in [0.25, 0.3) is 0 Å².